The van der Waals surface area contributed by atoms with Gasteiger partial charge in [0.25, 0.3) is 5.91 Å². The van der Waals surface area contributed by atoms with Crippen LogP contribution in [0.5, 0.6) is 11.5 Å². The Bertz CT molecular complexity index is 1010. The van der Waals surface area contributed by atoms with Gasteiger partial charge in [-0.25, -0.2) is 4.98 Å². The smallest absolute Gasteiger partial charge is 0.255 e. The maximum absolute atomic E-state index is 12.7. The van der Waals surface area contributed by atoms with Gasteiger partial charge in [0.05, 0.1) is 24.2 Å². The molecule has 2 N–H and O–H groups in total. The molecule has 0 unspecified atom stereocenters. The first-order chi connectivity index (χ1) is 13.3. The molecule has 0 radical (unpaired) electrons. The van der Waals surface area contributed by atoms with Gasteiger partial charge in [-0.15, -0.1) is 0 Å². The summed E-state index contributed by atoms with van der Waals surface area (Å²) in [6.45, 7) is 1.23. The molecule has 5 rings (SSSR count). The zero-order chi connectivity index (χ0) is 18.2. The molecule has 1 aliphatic heterocycles. The van der Waals surface area contributed by atoms with Gasteiger partial charge in [0, 0.05) is 23.6 Å². The molecule has 3 aromatic rings. The normalized spacial score (nSPS) is 16.6. The minimum Gasteiger partial charge on any atom is -0.490 e. The average Bonchev–Trinajstić information content (AvgIpc) is 2.88. The summed E-state index contributed by atoms with van der Waals surface area (Å²) in [6, 6.07) is 11.0. The molecule has 1 aromatic heterocycles. The number of rotatable bonds is 3. The molecular formula is C21H21N3O3. The van der Waals surface area contributed by atoms with E-state index >= 15 is 0 Å². The van der Waals surface area contributed by atoms with Crippen LogP contribution in [0.4, 0.5) is 5.69 Å². The predicted molar refractivity (Wildman–Crippen MR) is 103 cm³/mol. The van der Waals surface area contributed by atoms with Gasteiger partial charge in [0.1, 0.15) is 5.82 Å². The molecule has 0 bridgehead atoms. The highest BCUT2D eigenvalue weighted by atomic mass is 16.5. The van der Waals surface area contributed by atoms with Gasteiger partial charge in [-0.05, 0) is 49.2 Å². The van der Waals surface area contributed by atoms with Crippen molar-refractivity contribution < 1.29 is 14.3 Å². The first-order valence-electron chi connectivity index (χ1n) is 9.47. The van der Waals surface area contributed by atoms with Gasteiger partial charge in [0.15, 0.2) is 11.5 Å². The van der Waals surface area contributed by atoms with Crippen molar-refractivity contribution in [2.45, 2.75) is 31.6 Å². The third-order valence-electron chi connectivity index (χ3n) is 5.26. The SMILES string of the molecule is O=C(Nc1ccc2nc(C3CCC3)[nH]c2c1)c1ccc2c(c1)OCCCO2. The second kappa shape index (κ2) is 6.61. The van der Waals surface area contributed by atoms with Crippen molar-refractivity contribution in [1.29, 1.82) is 0 Å². The summed E-state index contributed by atoms with van der Waals surface area (Å²) in [6.07, 6.45) is 4.52. The van der Waals surface area contributed by atoms with E-state index in [2.05, 4.69) is 15.3 Å². The fourth-order valence-electron chi connectivity index (χ4n) is 3.49. The topological polar surface area (TPSA) is 76.2 Å². The fraction of sp³-hybridized carbons (Fsp3) is 0.333. The number of H-pyrrole nitrogens is 1. The van der Waals surface area contributed by atoms with Crippen molar-refractivity contribution in [3.05, 3.63) is 47.8 Å². The molecule has 1 fully saturated rings. The van der Waals surface area contributed by atoms with E-state index in [0.717, 1.165) is 29.0 Å². The summed E-state index contributed by atoms with van der Waals surface area (Å²) < 4.78 is 11.3. The Balaban J connectivity index is 1.36. The lowest BCUT2D eigenvalue weighted by Crippen LogP contribution is -2.12. The number of carbonyl (C=O) groups excluding carboxylic acids is 1. The highest BCUT2D eigenvalue weighted by Crippen LogP contribution is 2.36. The van der Waals surface area contributed by atoms with Crippen LogP contribution in [0.15, 0.2) is 36.4 Å². The zero-order valence-electron chi connectivity index (χ0n) is 15.0. The molecule has 27 heavy (non-hydrogen) atoms. The lowest BCUT2D eigenvalue weighted by molar-refractivity contribution is 0.102. The fourth-order valence-corrected chi connectivity index (χ4v) is 3.49. The van der Waals surface area contributed by atoms with Gasteiger partial charge >= 0.3 is 0 Å². The number of aromatic amines is 1. The number of benzene rings is 2. The summed E-state index contributed by atoms with van der Waals surface area (Å²) >= 11 is 0. The second-order valence-electron chi connectivity index (χ2n) is 7.15. The van der Waals surface area contributed by atoms with Gasteiger partial charge in [-0.1, -0.05) is 6.42 Å². The molecule has 2 heterocycles. The summed E-state index contributed by atoms with van der Waals surface area (Å²) in [4.78, 5) is 20.7. The maximum Gasteiger partial charge on any atom is 0.255 e. The number of nitrogens with one attached hydrogen (secondary N) is 2. The first kappa shape index (κ1) is 16.2. The Kier molecular flexibility index (Phi) is 3.96. The van der Waals surface area contributed by atoms with Crippen LogP contribution >= 0.6 is 0 Å². The first-order valence-corrected chi connectivity index (χ1v) is 9.47. The van der Waals surface area contributed by atoms with Crippen molar-refractivity contribution in [3.8, 4) is 11.5 Å². The highest BCUT2D eigenvalue weighted by molar-refractivity contribution is 6.05. The minimum atomic E-state index is -0.177. The van der Waals surface area contributed by atoms with E-state index < -0.39 is 0 Å². The van der Waals surface area contributed by atoms with E-state index in [0.29, 0.717) is 36.2 Å². The van der Waals surface area contributed by atoms with E-state index in [9.17, 15) is 4.79 Å². The molecule has 6 heteroatoms. The number of fused-ring (bicyclic) bond motifs is 2. The van der Waals surface area contributed by atoms with Crippen LogP contribution in [0.1, 0.15) is 47.8 Å². The summed E-state index contributed by atoms with van der Waals surface area (Å²) in [7, 11) is 0. The van der Waals surface area contributed by atoms with Crippen LogP contribution in [-0.4, -0.2) is 29.1 Å². The Labute approximate surface area is 156 Å². The molecule has 1 amide bonds. The van der Waals surface area contributed by atoms with Crippen molar-refractivity contribution >= 4 is 22.6 Å². The molecule has 0 spiro atoms. The molecule has 2 aliphatic rings. The van der Waals surface area contributed by atoms with Crippen LogP contribution in [0.25, 0.3) is 11.0 Å². The molecule has 2 aromatic carbocycles. The van der Waals surface area contributed by atoms with Crippen molar-refractivity contribution in [1.82, 2.24) is 9.97 Å². The van der Waals surface area contributed by atoms with Gasteiger partial charge in [0.2, 0.25) is 0 Å². The predicted octanol–water partition coefficient (Wildman–Crippen LogP) is 4.24. The van der Waals surface area contributed by atoms with Gasteiger partial charge in [-0.2, -0.15) is 0 Å². The van der Waals surface area contributed by atoms with Crippen LogP contribution in [0, 0.1) is 0 Å². The van der Waals surface area contributed by atoms with Crippen molar-refractivity contribution in [2.24, 2.45) is 0 Å². The summed E-state index contributed by atoms with van der Waals surface area (Å²) in [5.41, 5.74) is 3.17. The van der Waals surface area contributed by atoms with E-state index in [1.54, 1.807) is 18.2 Å². The summed E-state index contributed by atoms with van der Waals surface area (Å²) in [5.74, 6) is 2.74. The Morgan fingerprint density at radius 2 is 1.89 bits per heavy atom. The van der Waals surface area contributed by atoms with E-state index in [1.165, 1.54) is 19.3 Å². The number of amides is 1. The number of nitrogens with zero attached hydrogens (tertiary/aromatic N) is 1. The third kappa shape index (κ3) is 3.12. The molecule has 138 valence electrons. The largest absolute Gasteiger partial charge is 0.490 e. The van der Waals surface area contributed by atoms with Crippen molar-refractivity contribution in [2.75, 3.05) is 18.5 Å². The standard InChI is InChI=1S/C21H21N3O3/c25-21(14-5-8-18-19(11-14)27-10-2-9-26-18)22-15-6-7-16-17(12-15)24-20(23-16)13-3-1-4-13/h5-8,11-13H,1-4,9-10H2,(H,22,25)(H,23,24). The van der Waals surface area contributed by atoms with Crippen molar-refractivity contribution in [3.63, 3.8) is 0 Å². The lowest BCUT2D eigenvalue weighted by atomic mass is 9.85. The van der Waals surface area contributed by atoms with E-state index in [4.69, 9.17) is 9.47 Å². The Hall–Kier alpha value is -3.02. The van der Waals surface area contributed by atoms with E-state index in [1.807, 2.05) is 18.2 Å². The van der Waals surface area contributed by atoms with Crippen LogP contribution in [0.2, 0.25) is 0 Å². The maximum atomic E-state index is 12.7. The number of hydrogen-bond donors (Lipinski definition) is 2. The molecule has 1 saturated carbocycles. The van der Waals surface area contributed by atoms with Crippen LogP contribution in [0.3, 0.4) is 0 Å². The molecular weight excluding hydrogens is 342 g/mol. The van der Waals surface area contributed by atoms with E-state index in [-0.39, 0.29) is 5.91 Å². The quantitative estimate of drug-likeness (QED) is 0.730. The molecule has 0 atom stereocenters. The van der Waals surface area contributed by atoms with Gasteiger partial charge in [-0.3, -0.25) is 4.79 Å². The van der Waals surface area contributed by atoms with Gasteiger partial charge < -0.3 is 19.8 Å². The third-order valence-corrected chi connectivity index (χ3v) is 5.26. The Morgan fingerprint density at radius 3 is 2.70 bits per heavy atom. The number of carbonyl (C=O) groups is 1. The molecule has 0 saturated heterocycles. The monoisotopic (exact) mass is 363 g/mol. The number of aromatic nitrogens is 2. The number of anilines is 1. The average molecular weight is 363 g/mol. The van der Waals surface area contributed by atoms with Crippen LogP contribution in [-0.2, 0) is 0 Å². The Morgan fingerprint density at radius 1 is 1.04 bits per heavy atom. The minimum absolute atomic E-state index is 0.177. The number of hydrogen-bond acceptors (Lipinski definition) is 4. The summed E-state index contributed by atoms with van der Waals surface area (Å²) in [5, 5.41) is 2.96. The molecule has 1 aliphatic carbocycles. The molecule has 6 nitrogen and oxygen atoms in total. The lowest BCUT2D eigenvalue weighted by Gasteiger charge is -2.22. The second-order valence-corrected chi connectivity index (χ2v) is 7.15. The number of imidazole rings is 1. The highest BCUT2D eigenvalue weighted by Gasteiger charge is 2.22. The zero-order valence-corrected chi connectivity index (χ0v) is 15.0. The number of ether oxygens (including phenoxy) is 2. The van der Waals surface area contributed by atoms with Crippen LogP contribution < -0.4 is 14.8 Å².